The van der Waals surface area contributed by atoms with Gasteiger partial charge in [0, 0.05) is 0 Å². The fourth-order valence-electron chi connectivity index (χ4n) is 4.64. The standard InChI is InChI=1S/C24H20P.C8H6O7S/c1-5-13-21(14-6-1)25(22-15-7-2-8-16-22,23-17-9-3-10-18-23)24-19-11-4-12-20-24;9-7(10)4-2-1-3-5(16(13,14)15)6(4)8(11)12/h1-20H;1-3H,(H,9,10)(H,11,12)(H,13,14,15)/q+1;/p-1. The average molecular weight is 585 g/mol. The smallest absolute Gasteiger partial charge is 0.337 e. The summed E-state index contributed by atoms with van der Waals surface area (Å²) >= 11 is 0. The molecule has 41 heavy (non-hydrogen) atoms. The molecule has 0 atom stereocenters. The number of benzene rings is 5. The fourth-order valence-corrected chi connectivity index (χ4v) is 9.60. The van der Waals surface area contributed by atoms with Gasteiger partial charge in [-0.3, -0.25) is 0 Å². The Labute approximate surface area is 238 Å². The van der Waals surface area contributed by atoms with Gasteiger partial charge in [-0.15, -0.1) is 0 Å². The first-order chi connectivity index (χ1) is 19.7. The summed E-state index contributed by atoms with van der Waals surface area (Å²) in [6, 6.07) is 46.5. The summed E-state index contributed by atoms with van der Waals surface area (Å²) in [7, 11) is -6.93. The van der Waals surface area contributed by atoms with E-state index in [9.17, 15) is 22.6 Å². The van der Waals surface area contributed by atoms with Crippen molar-refractivity contribution in [3.8, 4) is 0 Å². The maximum absolute atomic E-state index is 10.7. The Morgan fingerprint density at radius 3 is 1.12 bits per heavy atom. The summed E-state index contributed by atoms with van der Waals surface area (Å²) in [5.74, 6) is -3.41. The summed E-state index contributed by atoms with van der Waals surface area (Å²) in [5.41, 5.74) is -1.77. The molecule has 0 saturated heterocycles. The minimum atomic E-state index is -5.03. The first-order valence-corrected chi connectivity index (χ1v) is 15.5. The van der Waals surface area contributed by atoms with Crippen molar-refractivity contribution in [2.24, 2.45) is 0 Å². The summed E-state index contributed by atoms with van der Waals surface area (Å²) < 4.78 is 32.2. The monoisotopic (exact) mass is 584 g/mol. The number of carboxylic acid groups (broad SMARTS) is 2. The first-order valence-electron chi connectivity index (χ1n) is 12.3. The van der Waals surface area contributed by atoms with Crippen LogP contribution in [0.25, 0.3) is 0 Å². The minimum Gasteiger partial charge on any atom is -0.744 e. The summed E-state index contributed by atoms with van der Waals surface area (Å²) in [5, 5.41) is 22.9. The van der Waals surface area contributed by atoms with Crippen molar-refractivity contribution in [2.75, 3.05) is 0 Å². The van der Waals surface area contributed by atoms with Gasteiger partial charge in [0.2, 0.25) is 0 Å². The first kappa shape index (κ1) is 29.4. The van der Waals surface area contributed by atoms with Crippen LogP contribution >= 0.6 is 7.26 Å². The molecule has 0 unspecified atom stereocenters. The Morgan fingerprint density at radius 2 is 0.854 bits per heavy atom. The quantitative estimate of drug-likeness (QED) is 0.215. The van der Waals surface area contributed by atoms with Gasteiger partial charge in [0.25, 0.3) is 0 Å². The lowest BCUT2D eigenvalue weighted by Gasteiger charge is -2.27. The normalized spacial score (nSPS) is 11.1. The molecule has 206 valence electrons. The Kier molecular flexibility index (Phi) is 9.10. The number of carboxylic acids is 2. The molecular formula is C32H25O7PS. The van der Waals surface area contributed by atoms with Gasteiger partial charge < -0.3 is 14.8 Å². The van der Waals surface area contributed by atoms with Gasteiger partial charge in [-0.05, 0) is 60.7 Å². The van der Waals surface area contributed by atoms with Gasteiger partial charge in [-0.2, -0.15) is 0 Å². The molecule has 0 fully saturated rings. The molecule has 0 saturated carbocycles. The van der Waals surface area contributed by atoms with Gasteiger partial charge in [-0.25, -0.2) is 18.0 Å². The van der Waals surface area contributed by atoms with E-state index >= 15 is 0 Å². The number of hydrogen-bond acceptors (Lipinski definition) is 5. The third-order valence-corrected chi connectivity index (χ3v) is 11.5. The second-order valence-corrected chi connectivity index (χ2v) is 13.5. The zero-order valence-corrected chi connectivity index (χ0v) is 23.3. The lowest BCUT2D eigenvalue weighted by Crippen LogP contribution is -2.38. The predicted octanol–water partition coefficient (Wildman–Crippen LogP) is 4.29. The van der Waals surface area contributed by atoms with E-state index in [1.165, 1.54) is 21.2 Å². The van der Waals surface area contributed by atoms with Crippen LogP contribution in [0, 0.1) is 0 Å². The van der Waals surface area contributed by atoms with E-state index in [4.69, 9.17) is 10.2 Å². The molecule has 0 heterocycles. The van der Waals surface area contributed by atoms with Crippen molar-refractivity contribution in [3.63, 3.8) is 0 Å². The Bertz CT molecular complexity index is 1580. The molecule has 5 aromatic rings. The van der Waals surface area contributed by atoms with Crippen molar-refractivity contribution in [1.82, 2.24) is 0 Å². The second kappa shape index (κ2) is 12.7. The highest BCUT2D eigenvalue weighted by Gasteiger charge is 2.47. The summed E-state index contributed by atoms with van der Waals surface area (Å²) in [6.07, 6.45) is 0. The van der Waals surface area contributed by atoms with Crippen LogP contribution in [0.2, 0.25) is 0 Å². The van der Waals surface area contributed by atoms with Crippen molar-refractivity contribution in [1.29, 1.82) is 0 Å². The fraction of sp³-hybridized carbons (Fsp3) is 0. The summed E-state index contributed by atoms with van der Waals surface area (Å²) in [4.78, 5) is 20.3. The minimum absolute atomic E-state index is 0.746. The van der Waals surface area contributed by atoms with Crippen molar-refractivity contribution >= 4 is 50.5 Å². The molecule has 0 aliphatic carbocycles. The maximum Gasteiger partial charge on any atom is 0.337 e. The number of carbonyl (C=O) groups is 2. The Hall–Kier alpha value is -4.62. The molecule has 0 radical (unpaired) electrons. The van der Waals surface area contributed by atoms with Gasteiger partial charge in [0.1, 0.15) is 38.6 Å². The topological polar surface area (TPSA) is 132 Å². The van der Waals surface area contributed by atoms with Gasteiger partial charge in [0.05, 0.1) is 16.0 Å². The molecule has 0 spiro atoms. The van der Waals surface area contributed by atoms with Crippen LogP contribution in [-0.2, 0) is 10.1 Å². The number of hydrogen-bond donors (Lipinski definition) is 2. The molecule has 7 nitrogen and oxygen atoms in total. The second-order valence-electron chi connectivity index (χ2n) is 8.76. The third-order valence-electron chi connectivity index (χ3n) is 6.31. The Morgan fingerprint density at radius 1 is 0.512 bits per heavy atom. The largest absolute Gasteiger partial charge is 0.744 e. The highest BCUT2D eigenvalue weighted by Crippen LogP contribution is 2.53. The highest BCUT2D eigenvalue weighted by atomic mass is 32.2. The van der Waals surface area contributed by atoms with Crippen LogP contribution in [0.3, 0.4) is 0 Å². The van der Waals surface area contributed by atoms with E-state index in [1.54, 1.807) is 0 Å². The van der Waals surface area contributed by atoms with Gasteiger partial charge in [0.15, 0.2) is 0 Å². The van der Waals surface area contributed by atoms with Crippen molar-refractivity contribution in [3.05, 3.63) is 151 Å². The molecule has 9 heteroatoms. The van der Waals surface area contributed by atoms with E-state index < -0.39 is 45.3 Å². The highest BCUT2D eigenvalue weighted by molar-refractivity contribution is 8.01. The molecule has 0 amide bonds. The van der Waals surface area contributed by atoms with Gasteiger partial charge in [-0.1, -0.05) is 78.9 Å². The number of rotatable bonds is 7. The average Bonchev–Trinajstić information content (AvgIpc) is 2.99. The third kappa shape index (κ3) is 6.26. The lowest BCUT2D eigenvalue weighted by atomic mass is 10.1. The molecule has 0 bridgehead atoms. The summed E-state index contributed by atoms with van der Waals surface area (Å²) in [6.45, 7) is 0. The van der Waals surface area contributed by atoms with Crippen LogP contribution in [-0.4, -0.2) is 35.1 Å². The molecule has 0 aromatic heterocycles. The molecule has 5 aromatic carbocycles. The SMILES string of the molecule is O=C(O)c1cccc(S(=O)(=O)[O-])c1C(=O)O.c1ccc([P+](c2ccccc2)(c2ccccc2)c2ccccc2)cc1. The van der Waals surface area contributed by atoms with Crippen LogP contribution < -0.4 is 21.2 Å². The number of aromatic carboxylic acids is 2. The molecule has 2 N–H and O–H groups in total. The van der Waals surface area contributed by atoms with E-state index in [2.05, 4.69) is 121 Å². The van der Waals surface area contributed by atoms with Crippen LogP contribution in [0.1, 0.15) is 20.7 Å². The Balaban J connectivity index is 0.000000210. The van der Waals surface area contributed by atoms with Crippen LogP contribution in [0.15, 0.2) is 144 Å². The van der Waals surface area contributed by atoms with Crippen LogP contribution in [0.5, 0.6) is 0 Å². The van der Waals surface area contributed by atoms with E-state index in [0.29, 0.717) is 0 Å². The van der Waals surface area contributed by atoms with Crippen molar-refractivity contribution in [2.45, 2.75) is 4.90 Å². The van der Waals surface area contributed by atoms with E-state index in [0.717, 1.165) is 18.2 Å². The van der Waals surface area contributed by atoms with E-state index in [1.807, 2.05) is 0 Å². The molecule has 0 aliphatic heterocycles. The van der Waals surface area contributed by atoms with E-state index in [-0.39, 0.29) is 0 Å². The van der Waals surface area contributed by atoms with Gasteiger partial charge >= 0.3 is 11.9 Å². The molecule has 0 aliphatic rings. The zero-order valence-electron chi connectivity index (χ0n) is 21.6. The maximum atomic E-state index is 10.7. The molecule has 5 rings (SSSR count). The zero-order chi connectivity index (χ0) is 29.5. The van der Waals surface area contributed by atoms with Crippen LogP contribution in [0.4, 0.5) is 0 Å². The van der Waals surface area contributed by atoms with Crippen molar-refractivity contribution < 1.29 is 32.8 Å². The molecular weight excluding hydrogens is 559 g/mol. The lowest BCUT2D eigenvalue weighted by molar-refractivity contribution is 0.0648. The predicted molar refractivity (Wildman–Crippen MR) is 160 cm³/mol.